The molecule has 122 valence electrons. The Balaban J connectivity index is 1.89. The van der Waals surface area contributed by atoms with Crippen molar-refractivity contribution in [3.05, 3.63) is 42.5 Å². The highest BCUT2D eigenvalue weighted by Gasteiger charge is 2.27. The molecule has 6 heteroatoms. The lowest BCUT2D eigenvalue weighted by atomic mass is 10.1. The van der Waals surface area contributed by atoms with Gasteiger partial charge in [0.2, 0.25) is 15.9 Å². The standard InChI is InChI=1S/C17H20N2O3S/c1-14(20)18-9-4-10-19(12-11-18)23(21,22)17-8-7-15-5-2-3-6-16(15)13-17/h2-3,5-8,13H,4,9-12H2,1H3. The van der Waals surface area contributed by atoms with Crippen molar-refractivity contribution in [1.29, 1.82) is 0 Å². The maximum atomic E-state index is 12.9. The highest BCUT2D eigenvalue weighted by atomic mass is 32.2. The summed E-state index contributed by atoms with van der Waals surface area (Å²) in [6.07, 6.45) is 0.659. The minimum Gasteiger partial charge on any atom is -0.342 e. The normalized spacial score (nSPS) is 17.2. The van der Waals surface area contributed by atoms with Crippen LogP contribution >= 0.6 is 0 Å². The minimum absolute atomic E-state index is 0.00467. The second-order valence-electron chi connectivity index (χ2n) is 5.77. The molecule has 23 heavy (non-hydrogen) atoms. The molecule has 1 aliphatic rings. The third kappa shape index (κ3) is 3.23. The van der Waals surface area contributed by atoms with Crippen LogP contribution in [0, 0.1) is 0 Å². The second kappa shape index (κ2) is 6.29. The first-order valence-electron chi connectivity index (χ1n) is 7.73. The molecule has 1 aliphatic heterocycles. The summed E-state index contributed by atoms with van der Waals surface area (Å²) in [6, 6.07) is 12.9. The van der Waals surface area contributed by atoms with Crippen molar-refractivity contribution in [1.82, 2.24) is 9.21 Å². The van der Waals surface area contributed by atoms with Crippen LogP contribution in [0.2, 0.25) is 0 Å². The number of nitrogens with zero attached hydrogens (tertiary/aromatic N) is 2. The summed E-state index contributed by atoms with van der Waals surface area (Å²) in [5.74, 6) is -0.00467. The smallest absolute Gasteiger partial charge is 0.243 e. The van der Waals surface area contributed by atoms with E-state index in [0.29, 0.717) is 37.5 Å². The molecule has 0 atom stereocenters. The molecule has 0 saturated carbocycles. The van der Waals surface area contributed by atoms with Gasteiger partial charge in [-0.05, 0) is 29.3 Å². The Hall–Kier alpha value is -1.92. The fourth-order valence-corrected chi connectivity index (χ4v) is 4.43. The van der Waals surface area contributed by atoms with Crippen LogP contribution in [-0.2, 0) is 14.8 Å². The molecular formula is C17H20N2O3S. The van der Waals surface area contributed by atoms with Gasteiger partial charge in [0.05, 0.1) is 4.90 Å². The Labute approximate surface area is 136 Å². The maximum absolute atomic E-state index is 12.9. The molecule has 3 rings (SSSR count). The monoisotopic (exact) mass is 332 g/mol. The molecular weight excluding hydrogens is 312 g/mol. The Morgan fingerprint density at radius 2 is 1.70 bits per heavy atom. The van der Waals surface area contributed by atoms with Crippen LogP contribution in [0.15, 0.2) is 47.4 Å². The molecule has 2 aromatic carbocycles. The predicted molar refractivity (Wildman–Crippen MR) is 89.6 cm³/mol. The molecule has 1 amide bonds. The number of hydrogen-bond donors (Lipinski definition) is 0. The van der Waals surface area contributed by atoms with Crippen molar-refractivity contribution >= 4 is 26.7 Å². The van der Waals surface area contributed by atoms with Gasteiger partial charge < -0.3 is 4.90 Å². The van der Waals surface area contributed by atoms with E-state index in [1.54, 1.807) is 17.0 Å². The Kier molecular flexibility index (Phi) is 4.37. The fraction of sp³-hybridized carbons (Fsp3) is 0.353. The lowest BCUT2D eigenvalue weighted by Gasteiger charge is -2.21. The largest absolute Gasteiger partial charge is 0.342 e. The molecule has 0 unspecified atom stereocenters. The first kappa shape index (κ1) is 16.0. The lowest BCUT2D eigenvalue weighted by Crippen LogP contribution is -2.36. The van der Waals surface area contributed by atoms with Crippen LogP contribution in [0.4, 0.5) is 0 Å². The molecule has 0 bridgehead atoms. The van der Waals surface area contributed by atoms with Gasteiger partial charge in [-0.1, -0.05) is 30.3 Å². The maximum Gasteiger partial charge on any atom is 0.243 e. The van der Waals surface area contributed by atoms with Crippen molar-refractivity contribution in [2.45, 2.75) is 18.2 Å². The van der Waals surface area contributed by atoms with Gasteiger partial charge in [-0.3, -0.25) is 4.79 Å². The van der Waals surface area contributed by atoms with E-state index in [0.717, 1.165) is 10.8 Å². The molecule has 2 aromatic rings. The summed E-state index contributed by atoms with van der Waals surface area (Å²) in [5, 5.41) is 1.93. The van der Waals surface area contributed by atoms with Gasteiger partial charge in [0.1, 0.15) is 0 Å². The number of hydrogen-bond acceptors (Lipinski definition) is 3. The summed E-state index contributed by atoms with van der Waals surface area (Å²) in [5.41, 5.74) is 0. The van der Waals surface area contributed by atoms with Crippen molar-refractivity contribution in [2.24, 2.45) is 0 Å². The van der Waals surface area contributed by atoms with Crippen molar-refractivity contribution in [2.75, 3.05) is 26.2 Å². The predicted octanol–water partition coefficient (Wildman–Crippen LogP) is 2.08. The van der Waals surface area contributed by atoms with E-state index in [2.05, 4.69) is 0 Å². The number of fused-ring (bicyclic) bond motifs is 1. The molecule has 1 heterocycles. The SMILES string of the molecule is CC(=O)N1CCCN(S(=O)(=O)c2ccc3ccccc3c2)CC1. The zero-order valence-electron chi connectivity index (χ0n) is 13.1. The van der Waals surface area contributed by atoms with Gasteiger partial charge in [0.25, 0.3) is 0 Å². The zero-order chi connectivity index (χ0) is 16.4. The van der Waals surface area contributed by atoms with Crippen LogP contribution in [0.1, 0.15) is 13.3 Å². The van der Waals surface area contributed by atoms with Crippen LogP contribution in [-0.4, -0.2) is 49.7 Å². The van der Waals surface area contributed by atoms with E-state index in [1.165, 1.54) is 11.2 Å². The van der Waals surface area contributed by atoms with Crippen molar-refractivity contribution in [3.8, 4) is 0 Å². The third-order valence-electron chi connectivity index (χ3n) is 4.26. The first-order chi connectivity index (χ1) is 11.0. The molecule has 0 aromatic heterocycles. The number of sulfonamides is 1. The Morgan fingerprint density at radius 1 is 0.957 bits per heavy atom. The number of carbonyl (C=O) groups excluding carboxylic acids is 1. The van der Waals surface area contributed by atoms with Crippen LogP contribution < -0.4 is 0 Å². The Morgan fingerprint density at radius 3 is 2.43 bits per heavy atom. The quantitative estimate of drug-likeness (QED) is 0.846. The average molecular weight is 332 g/mol. The molecule has 0 aliphatic carbocycles. The molecule has 0 radical (unpaired) electrons. The van der Waals surface area contributed by atoms with Gasteiger partial charge in [0, 0.05) is 33.1 Å². The van der Waals surface area contributed by atoms with Gasteiger partial charge in [-0.15, -0.1) is 0 Å². The minimum atomic E-state index is -3.53. The number of carbonyl (C=O) groups is 1. The van der Waals surface area contributed by atoms with E-state index in [-0.39, 0.29) is 5.91 Å². The highest BCUT2D eigenvalue weighted by Crippen LogP contribution is 2.22. The van der Waals surface area contributed by atoms with Gasteiger partial charge >= 0.3 is 0 Å². The van der Waals surface area contributed by atoms with Gasteiger partial charge in [0.15, 0.2) is 0 Å². The van der Waals surface area contributed by atoms with Crippen molar-refractivity contribution < 1.29 is 13.2 Å². The molecule has 5 nitrogen and oxygen atoms in total. The van der Waals surface area contributed by atoms with Gasteiger partial charge in [-0.25, -0.2) is 8.42 Å². The molecule has 0 spiro atoms. The number of amides is 1. The van der Waals surface area contributed by atoms with Crippen LogP contribution in [0.5, 0.6) is 0 Å². The summed E-state index contributed by atoms with van der Waals surface area (Å²) < 4.78 is 27.3. The summed E-state index contributed by atoms with van der Waals surface area (Å²) in [7, 11) is -3.53. The topological polar surface area (TPSA) is 57.7 Å². The van der Waals surface area contributed by atoms with Crippen LogP contribution in [0.25, 0.3) is 10.8 Å². The van der Waals surface area contributed by atoms with E-state index < -0.39 is 10.0 Å². The zero-order valence-corrected chi connectivity index (χ0v) is 13.9. The van der Waals surface area contributed by atoms with Crippen LogP contribution in [0.3, 0.4) is 0 Å². The lowest BCUT2D eigenvalue weighted by molar-refractivity contribution is -0.128. The van der Waals surface area contributed by atoms with E-state index in [4.69, 9.17) is 0 Å². The summed E-state index contributed by atoms with van der Waals surface area (Å²) >= 11 is 0. The average Bonchev–Trinajstić information content (AvgIpc) is 2.81. The summed E-state index contributed by atoms with van der Waals surface area (Å²) in [4.78, 5) is 13.5. The fourth-order valence-electron chi connectivity index (χ4n) is 2.93. The first-order valence-corrected chi connectivity index (χ1v) is 9.17. The van der Waals surface area contributed by atoms with Crippen molar-refractivity contribution in [3.63, 3.8) is 0 Å². The molecule has 1 saturated heterocycles. The molecule has 1 fully saturated rings. The summed E-state index contributed by atoms with van der Waals surface area (Å²) in [6.45, 7) is 3.36. The second-order valence-corrected chi connectivity index (χ2v) is 7.71. The van der Waals surface area contributed by atoms with E-state index in [9.17, 15) is 13.2 Å². The van der Waals surface area contributed by atoms with Gasteiger partial charge in [-0.2, -0.15) is 4.31 Å². The highest BCUT2D eigenvalue weighted by molar-refractivity contribution is 7.89. The number of benzene rings is 2. The molecule has 0 N–H and O–H groups in total. The Bertz CT molecular complexity index is 833. The third-order valence-corrected chi connectivity index (χ3v) is 6.15. The van der Waals surface area contributed by atoms with E-state index in [1.807, 2.05) is 30.3 Å². The van der Waals surface area contributed by atoms with E-state index >= 15 is 0 Å². The number of rotatable bonds is 2.